The molecule has 0 aromatic rings. The van der Waals surface area contributed by atoms with E-state index in [9.17, 15) is 0 Å². The summed E-state index contributed by atoms with van der Waals surface area (Å²) in [6.45, 7) is 8.77. The van der Waals surface area contributed by atoms with Gasteiger partial charge in [-0.25, -0.2) is 0 Å². The Morgan fingerprint density at radius 1 is 1.06 bits per heavy atom. The van der Waals surface area contributed by atoms with Gasteiger partial charge in [-0.3, -0.25) is 0 Å². The van der Waals surface area contributed by atoms with Crippen molar-refractivity contribution in [2.24, 2.45) is 5.92 Å². The number of ether oxygens (including phenoxy) is 1. The Bertz CT molecular complexity index is 196. The van der Waals surface area contributed by atoms with Gasteiger partial charge in [0.25, 0.3) is 0 Å². The maximum atomic E-state index is 6.16. The van der Waals surface area contributed by atoms with Gasteiger partial charge in [-0.1, -0.05) is 46.5 Å². The second kappa shape index (κ2) is 9.80. The molecule has 3 atom stereocenters. The predicted molar refractivity (Wildman–Crippen MR) is 79.0 cm³/mol. The van der Waals surface area contributed by atoms with Crippen LogP contribution in [0, 0.1) is 5.92 Å². The van der Waals surface area contributed by atoms with E-state index in [0.717, 1.165) is 19.1 Å². The number of hydrogen-bond donors (Lipinski definition) is 1. The molecule has 3 unspecified atom stereocenters. The molecule has 0 aliphatic heterocycles. The molecule has 1 rings (SSSR count). The lowest BCUT2D eigenvalue weighted by Gasteiger charge is -2.36. The van der Waals surface area contributed by atoms with Crippen LogP contribution < -0.4 is 5.32 Å². The molecule has 1 saturated carbocycles. The second-order valence-corrected chi connectivity index (χ2v) is 5.75. The molecule has 0 aromatic carbocycles. The molecule has 0 radical (unpaired) electrons. The van der Waals surface area contributed by atoms with Crippen molar-refractivity contribution < 1.29 is 4.74 Å². The van der Waals surface area contributed by atoms with Crippen LogP contribution in [0.3, 0.4) is 0 Å². The van der Waals surface area contributed by atoms with Gasteiger partial charge >= 0.3 is 0 Å². The van der Waals surface area contributed by atoms with Gasteiger partial charge in [0, 0.05) is 12.6 Å². The Kier molecular flexibility index (Phi) is 8.70. The summed E-state index contributed by atoms with van der Waals surface area (Å²) in [7, 11) is 0. The van der Waals surface area contributed by atoms with Gasteiger partial charge in [0.1, 0.15) is 0 Å². The van der Waals surface area contributed by atoms with Crippen LogP contribution in [0.5, 0.6) is 0 Å². The Morgan fingerprint density at radius 2 is 1.89 bits per heavy atom. The first-order valence-corrected chi connectivity index (χ1v) is 8.16. The Morgan fingerprint density at radius 3 is 2.56 bits per heavy atom. The topological polar surface area (TPSA) is 21.3 Å². The van der Waals surface area contributed by atoms with Crippen molar-refractivity contribution in [2.75, 3.05) is 13.2 Å². The first kappa shape index (κ1) is 16.0. The molecule has 0 saturated heterocycles. The van der Waals surface area contributed by atoms with Crippen molar-refractivity contribution in [3.8, 4) is 0 Å². The second-order valence-electron chi connectivity index (χ2n) is 5.75. The van der Waals surface area contributed by atoms with Crippen molar-refractivity contribution in [2.45, 2.75) is 84.3 Å². The Balaban J connectivity index is 2.34. The van der Waals surface area contributed by atoms with Crippen molar-refractivity contribution >= 4 is 0 Å². The first-order valence-electron chi connectivity index (χ1n) is 8.16. The van der Waals surface area contributed by atoms with Gasteiger partial charge < -0.3 is 10.1 Å². The van der Waals surface area contributed by atoms with Crippen LogP contribution in [0.4, 0.5) is 0 Å². The molecule has 2 heteroatoms. The minimum absolute atomic E-state index is 0.465. The molecule has 1 aliphatic carbocycles. The summed E-state index contributed by atoms with van der Waals surface area (Å²) in [5, 5.41) is 3.61. The van der Waals surface area contributed by atoms with Gasteiger partial charge in [-0.2, -0.15) is 0 Å². The van der Waals surface area contributed by atoms with Crippen LogP contribution in [-0.2, 0) is 4.74 Å². The Hall–Kier alpha value is -0.0800. The average molecular weight is 255 g/mol. The summed E-state index contributed by atoms with van der Waals surface area (Å²) < 4.78 is 6.16. The van der Waals surface area contributed by atoms with E-state index < -0.39 is 0 Å². The van der Waals surface area contributed by atoms with Crippen molar-refractivity contribution in [3.63, 3.8) is 0 Å². The van der Waals surface area contributed by atoms with E-state index in [2.05, 4.69) is 26.1 Å². The van der Waals surface area contributed by atoms with Crippen LogP contribution in [0.25, 0.3) is 0 Å². The summed E-state index contributed by atoms with van der Waals surface area (Å²) in [5.41, 5.74) is 0. The quantitative estimate of drug-likeness (QED) is 0.625. The molecule has 0 spiro atoms. The van der Waals surface area contributed by atoms with Crippen LogP contribution >= 0.6 is 0 Å². The third-order valence-corrected chi connectivity index (χ3v) is 4.14. The maximum Gasteiger partial charge on any atom is 0.0730 e. The third-order valence-electron chi connectivity index (χ3n) is 4.14. The highest BCUT2D eigenvalue weighted by molar-refractivity contribution is 4.85. The largest absolute Gasteiger partial charge is 0.377 e. The summed E-state index contributed by atoms with van der Waals surface area (Å²) in [6, 6.07) is 0.602. The highest BCUT2D eigenvalue weighted by atomic mass is 16.5. The van der Waals surface area contributed by atoms with Crippen molar-refractivity contribution in [1.29, 1.82) is 0 Å². The van der Waals surface area contributed by atoms with E-state index in [1.54, 1.807) is 0 Å². The zero-order valence-electron chi connectivity index (χ0n) is 12.7. The average Bonchev–Trinajstić information content (AvgIpc) is 2.38. The number of rotatable bonds is 9. The number of hydrogen-bond acceptors (Lipinski definition) is 2. The molecule has 0 heterocycles. The zero-order valence-corrected chi connectivity index (χ0v) is 12.7. The molecule has 1 N–H and O–H groups in total. The fourth-order valence-electron chi connectivity index (χ4n) is 3.15. The van der Waals surface area contributed by atoms with Gasteiger partial charge in [-0.15, -0.1) is 0 Å². The minimum atomic E-state index is 0.465. The van der Waals surface area contributed by atoms with Crippen LogP contribution in [-0.4, -0.2) is 25.3 Å². The molecule has 0 amide bonds. The van der Waals surface area contributed by atoms with E-state index in [-0.39, 0.29) is 0 Å². The normalized spacial score (nSPS) is 28.5. The molecule has 1 aliphatic rings. The molecule has 0 bridgehead atoms. The molecular formula is C16H33NO. The van der Waals surface area contributed by atoms with E-state index >= 15 is 0 Å². The lowest BCUT2D eigenvalue weighted by molar-refractivity contribution is -0.0122. The SMILES string of the molecule is CCCCCOC1CC(CCC)CCC1NCC. The van der Waals surface area contributed by atoms with Crippen molar-refractivity contribution in [1.82, 2.24) is 5.32 Å². The molecule has 18 heavy (non-hydrogen) atoms. The summed E-state index contributed by atoms with van der Waals surface area (Å²) >= 11 is 0. The highest BCUT2D eigenvalue weighted by Gasteiger charge is 2.29. The Labute approximate surface area is 114 Å². The fourth-order valence-corrected chi connectivity index (χ4v) is 3.15. The van der Waals surface area contributed by atoms with E-state index in [4.69, 9.17) is 4.74 Å². The van der Waals surface area contributed by atoms with E-state index in [0.29, 0.717) is 12.1 Å². The van der Waals surface area contributed by atoms with Crippen molar-refractivity contribution in [3.05, 3.63) is 0 Å². The van der Waals surface area contributed by atoms with Gasteiger partial charge in [0.15, 0.2) is 0 Å². The van der Waals surface area contributed by atoms with E-state index in [1.165, 1.54) is 51.4 Å². The minimum Gasteiger partial charge on any atom is -0.377 e. The van der Waals surface area contributed by atoms with Gasteiger partial charge in [-0.05, 0) is 38.1 Å². The zero-order chi connectivity index (χ0) is 13.2. The van der Waals surface area contributed by atoms with E-state index in [1.807, 2.05) is 0 Å². The van der Waals surface area contributed by atoms with Gasteiger partial charge in [0.05, 0.1) is 6.10 Å². The molecule has 0 aromatic heterocycles. The lowest BCUT2D eigenvalue weighted by atomic mass is 9.81. The molecular weight excluding hydrogens is 222 g/mol. The van der Waals surface area contributed by atoms with Crippen LogP contribution in [0.15, 0.2) is 0 Å². The van der Waals surface area contributed by atoms with Gasteiger partial charge in [0.2, 0.25) is 0 Å². The molecule has 108 valence electrons. The summed E-state index contributed by atoms with van der Waals surface area (Å²) in [4.78, 5) is 0. The van der Waals surface area contributed by atoms with Crippen LogP contribution in [0.1, 0.15) is 72.1 Å². The fraction of sp³-hybridized carbons (Fsp3) is 1.00. The first-order chi connectivity index (χ1) is 8.81. The monoisotopic (exact) mass is 255 g/mol. The smallest absolute Gasteiger partial charge is 0.0730 e. The molecule has 1 fully saturated rings. The van der Waals surface area contributed by atoms with Crippen LogP contribution in [0.2, 0.25) is 0 Å². The summed E-state index contributed by atoms with van der Waals surface area (Å²) in [5.74, 6) is 0.904. The standard InChI is InChI=1S/C16H33NO/c1-4-7-8-12-18-16-13-14(9-5-2)10-11-15(16)17-6-3/h14-17H,4-13H2,1-3H3. The lowest BCUT2D eigenvalue weighted by Crippen LogP contribution is -2.45. The number of unbranched alkanes of at least 4 members (excludes halogenated alkanes) is 2. The highest BCUT2D eigenvalue weighted by Crippen LogP contribution is 2.30. The number of likely N-dealkylation sites (N-methyl/N-ethyl adjacent to an activating group) is 1. The number of nitrogens with one attached hydrogen (secondary N) is 1. The predicted octanol–water partition coefficient (Wildman–Crippen LogP) is 4.14. The third kappa shape index (κ3) is 5.71. The maximum absolute atomic E-state index is 6.16. The molecule has 2 nitrogen and oxygen atoms in total. The summed E-state index contributed by atoms with van der Waals surface area (Å²) in [6.07, 6.45) is 10.9.